The van der Waals surface area contributed by atoms with Crippen LogP contribution in [0.15, 0.2) is 24.3 Å². The fourth-order valence-electron chi connectivity index (χ4n) is 2.23. The van der Waals surface area contributed by atoms with Crippen LogP contribution in [0.25, 0.3) is 0 Å². The van der Waals surface area contributed by atoms with E-state index in [0.717, 1.165) is 12.2 Å². The van der Waals surface area contributed by atoms with Gasteiger partial charge in [-0.15, -0.1) is 0 Å². The van der Waals surface area contributed by atoms with Crippen molar-refractivity contribution in [3.63, 3.8) is 0 Å². The first-order valence-electron chi connectivity index (χ1n) is 7.33. The number of ketones is 1. The van der Waals surface area contributed by atoms with Gasteiger partial charge in [0.15, 0.2) is 11.9 Å². The first-order chi connectivity index (χ1) is 9.41. The first kappa shape index (κ1) is 15.0. The van der Waals surface area contributed by atoms with Crippen LogP contribution >= 0.6 is 0 Å². The third-order valence-electron chi connectivity index (χ3n) is 3.57. The molecular formula is C17H24O3. The van der Waals surface area contributed by atoms with Crippen LogP contribution in [0.3, 0.4) is 0 Å². The first-order valence-corrected chi connectivity index (χ1v) is 7.33. The predicted molar refractivity (Wildman–Crippen MR) is 79.2 cm³/mol. The quantitative estimate of drug-likeness (QED) is 0.825. The third kappa shape index (κ3) is 3.40. The number of hydrogen-bond acceptors (Lipinski definition) is 3. The molecular weight excluding hydrogens is 252 g/mol. The van der Waals surface area contributed by atoms with Gasteiger partial charge >= 0.3 is 0 Å². The lowest BCUT2D eigenvalue weighted by atomic mass is 9.87. The summed E-state index contributed by atoms with van der Waals surface area (Å²) in [5, 5.41) is 0. The van der Waals surface area contributed by atoms with E-state index < -0.39 is 0 Å². The Bertz CT molecular complexity index is 456. The highest BCUT2D eigenvalue weighted by Crippen LogP contribution is 2.28. The average Bonchev–Trinajstić information content (AvgIpc) is 2.38. The van der Waals surface area contributed by atoms with E-state index in [-0.39, 0.29) is 23.4 Å². The SMILES string of the molecule is CCCOC1C(=O)CC1Oc1ccc(C(C)(C)C)cc1. The fraction of sp³-hybridized carbons (Fsp3) is 0.588. The summed E-state index contributed by atoms with van der Waals surface area (Å²) in [6, 6.07) is 8.11. The molecule has 110 valence electrons. The topological polar surface area (TPSA) is 35.5 Å². The second-order valence-corrected chi connectivity index (χ2v) is 6.39. The molecule has 0 radical (unpaired) electrons. The zero-order valence-electron chi connectivity index (χ0n) is 12.8. The lowest BCUT2D eigenvalue weighted by molar-refractivity contribution is -0.154. The maximum atomic E-state index is 11.5. The molecule has 1 fully saturated rings. The van der Waals surface area contributed by atoms with Gasteiger partial charge in [0, 0.05) is 13.0 Å². The van der Waals surface area contributed by atoms with E-state index in [1.54, 1.807) is 0 Å². The Hall–Kier alpha value is -1.35. The molecule has 1 saturated carbocycles. The summed E-state index contributed by atoms with van der Waals surface area (Å²) in [5.74, 6) is 0.954. The minimum Gasteiger partial charge on any atom is -0.487 e. The average molecular weight is 276 g/mol. The van der Waals surface area contributed by atoms with Crippen molar-refractivity contribution < 1.29 is 14.3 Å². The molecule has 0 saturated heterocycles. The molecule has 20 heavy (non-hydrogen) atoms. The van der Waals surface area contributed by atoms with Crippen molar-refractivity contribution in [3.8, 4) is 5.75 Å². The van der Waals surface area contributed by atoms with Crippen molar-refractivity contribution in [2.45, 2.75) is 58.2 Å². The Morgan fingerprint density at radius 1 is 1.20 bits per heavy atom. The minimum absolute atomic E-state index is 0.130. The van der Waals surface area contributed by atoms with Crippen LogP contribution in [-0.2, 0) is 14.9 Å². The normalized spacial score (nSPS) is 22.5. The third-order valence-corrected chi connectivity index (χ3v) is 3.57. The second-order valence-electron chi connectivity index (χ2n) is 6.39. The van der Waals surface area contributed by atoms with Crippen molar-refractivity contribution in [1.82, 2.24) is 0 Å². The summed E-state index contributed by atoms with van der Waals surface area (Å²) >= 11 is 0. The van der Waals surface area contributed by atoms with E-state index in [4.69, 9.17) is 9.47 Å². The fourth-order valence-corrected chi connectivity index (χ4v) is 2.23. The molecule has 0 aliphatic heterocycles. The van der Waals surface area contributed by atoms with E-state index in [1.807, 2.05) is 19.1 Å². The van der Waals surface area contributed by atoms with Crippen molar-refractivity contribution in [1.29, 1.82) is 0 Å². The largest absolute Gasteiger partial charge is 0.487 e. The van der Waals surface area contributed by atoms with Crippen LogP contribution in [0, 0.1) is 0 Å². The van der Waals surface area contributed by atoms with Gasteiger partial charge in [-0.05, 0) is 29.5 Å². The molecule has 0 spiro atoms. The smallest absolute Gasteiger partial charge is 0.169 e. The molecule has 3 nitrogen and oxygen atoms in total. The Labute approximate surface area is 121 Å². The highest BCUT2D eigenvalue weighted by Gasteiger charge is 2.42. The number of benzene rings is 1. The number of ether oxygens (including phenoxy) is 2. The molecule has 0 bridgehead atoms. The maximum absolute atomic E-state index is 11.5. The van der Waals surface area contributed by atoms with Crippen LogP contribution in [0.4, 0.5) is 0 Å². The van der Waals surface area contributed by atoms with E-state index in [0.29, 0.717) is 13.0 Å². The molecule has 0 aromatic heterocycles. The number of Topliss-reactive ketones (excluding diaryl/α,β-unsaturated/α-hetero) is 1. The Morgan fingerprint density at radius 2 is 1.85 bits per heavy atom. The van der Waals surface area contributed by atoms with Gasteiger partial charge < -0.3 is 9.47 Å². The number of hydrogen-bond donors (Lipinski definition) is 0. The number of carbonyl (C=O) groups is 1. The van der Waals surface area contributed by atoms with E-state index in [9.17, 15) is 4.79 Å². The second kappa shape index (κ2) is 5.96. The molecule has 0 amide bonds. The predicted octanol–water partition coefficient (Wildman–Crippen LogP) is 3.50. The molecule has 2 unspecified atom stereocenters. The van der Waals surface area contributed by atoms with Crippen molar-refractivity contribution >= 4 is 5.78 Å². The van der Waals surface area contributed by atoms with Crippen molar-refractivity contribution in [3.05, 3.63) is 29.8 Å². The summed E-state index contributed by atoms with van der Waals surface area (Å²) < 4.78 is 11.4. The number of rotatable bonds is 5. The van der Waals surface area contributed by atoms with Gasteiger partial charge in [0.2, 0.25) is 0 Å². The van der Waals surface area contributed by atoms with Crippen LogP contribution < -0.4 is 4.74 Å². The zero-order valence-corrected chi connectivity index (χ0v) is 12.8. The molecule has 1 aliphatic rings. The van der Waals surface area contributed by atoms with Gasteiger partial charge in [0.25, 0.3) is 0 Å². The van der Waals surface area contributed by atoms with E-state index in [2.05, 4.69) is 32.9 Å². The summed E-state index contributed by atoms with van der Waals surface area (Å²) in [6.45, 7) is 9.19. The van der Waals surface area contributed by atoms with Crippen LogP contribution in [0.1, 0.15) is 46.1 Å². The van der Waals surface area contributed by atoms with Gasteiger partial charge in [-0.1, -0.05) is 39.8 Å². The van der Waals surface area contributed by atoms with E-state index >= 15 is 0 Å². The van der Waals surface area contributed by atoms with Gasteiger partial charge in [0.1, 0.15) is 11.9 Å². The highest BCUT2D eigenvalue weighted by molar-refractivity contribution is 5.90. The van der Waals surface area contributed by atoms with Crippen molar-refractivity contribution in [2.24, 2.45) is 0 Å². The van der Waals surface area contributed by atoms with Crippen LogP contribution in [-0.4, -0.2) is 24.6 Å². The Morgan fingerprint density at radius 3 is 2.35 bits per heavy atom. The summed E-state index contributed by atoms with van der Waals surface area (Å²) in [5.41, 5.74) is 1.41. The Balaban J connectivity index is 1.95. The maximum Gasteiger partial charge on any atom is 0.169 e. The van der Waals surface area contributed by atoms with Crippen LogP contribution in [0.2, 0.25) is 0 Å². The van der Waals surface area contributed by atoms with Crippen molar-refractivity contribution in [2.75, 3.05) is 6.61 Å². The summed E-state index contributed by atoms with van der Waals surface area (Å²) in [4.78, 5) is 11.5. The van der Waals surface area contributed by atoms with Crippen LogP contribution in [0.5, 0.6) is 5.75 Å². The highest BCUT2D eigenvalue weighted by atomic mass is 16.5. The molecule has 1 aromatic rings. The zero-order chi connectivity index (χ0) is 14.8. The molecule has 3 heteroatoms. The molecule has 2 atom stereocenters. The van der Waals surface area contributed by atoms with Gasteiger partial charge in [-0.25, -0.2) is 0 Å². The standard InChI is InChI=1S/C17H24O3/c1-5-10-19-16-14(18)11-15(16)20-13-8-6-12(7-9-13)17(2,3)4/h6-9,15-16H,5,10-11H2,1-4H3. The monoisotopic (exact) mass is 276 g/mol. The summed E-state index contributed by atoms with van der Waals surface area (Å²) in [7, 11) is 0. The van der Waals surface area contributed by atoms with E-state index in [1.165, 1.54) is 5.56 Å². The molecule has 1 aromatic carbocycles. The number of carbonyl (C=O) groups excluding carboxylic acids is 1. The van der Waals surface area contributed by atoms with Gasteiger partial charge in [0.05, 0.1) is 0 Å². The minimum atomic E-state index is -0.378. The molecule has 0 heterocycles. The lowest BCUT2D eigenvalue weighted by Gasteiger charge is -2.34. The molecule has 1 aliphatic carbocycles. The molecule has 2 rings (SSSR count). The van der Waals surface area contributed by atoms with Gasteiger partial charge in [-0.2, -0.15) is 0 Å². The molecule has 0 N–H and O–H groups in total. The Kier molecular flexibility index (Phi) is 4.48. The van der Waals surface area contributed by atoms with Gasteiger partial charge in [-0.3, -0.25) is 4.79 Å². The summed E-state index contributed by atoms with van der Waals surface area (Å²) in [6.07, 6.45) is 0.860. The lowest BCUT2D eigenvalue weighted by Crippen LogP contribution is -2.52.